The van der Waals surface area contributed by atoms with E-state index in [1.54, 1.807) is 23.4 Å². The number of carbonyl (C=O) groups is 2. The Morgan fingerprint density at radius 2 is 1.91 bits per heavy atom. The van der Waals surface area contributed by atoms with Crippen LogP contribution in [0.2, 0.25) is 0 Å². The molecule has 2 amide bonds. The van der Waals surface area contributed by atoms with Crippen molar-refractivity contribution < 1.29 is 9.59 Å². The highest BCUT2D eigenvalue weighted by molar-refractivity contribution is 7.14. The molecular formula is C24H21N5O2S. The van der Waals surface area contributed by atoms with Gasteiger partial charge in [0, 0.05) is 42.6 Å². The molecule has 32 heavy (non-hydrogen) atoms. The first-order chi connectivity index (χ1) is 15.7. The fourth-order valence-electron chi connectivity index (χ4n) is 3.98. The van der Waals surface area contributed by atoms with Crippen molar-refractivity contribution in [3.05, 3.63) is 95.5 Å². The third kappa shape index (κ3) is 4.04. The van der Waals surface area contributed by atoms with Crippen LogP contribution in [0.4, 0.5) is 10.8 Å². The molecule has 4 heterocycles. The molecule has 160 valence electrons. The van der Waals surface area contributed by atoms with Crippen molar-refractivity contribution in [3.8, 4) is 0 Å². The van der Waals surface area contributed by atoms with Gasteiger partial charge in [-0.2, -0.15) is 0 Å². The molecule has 0 bridgehead atoms. The van der Waals surface area contributed by atoms with E-state index < -0.39 is 0 Å². The number of nitrogens with zero attached hydrogens (tertiary/aromatic N) is 4. The Morgan fingerprint density at radius 3 is 2.72 bits per heavy atom. The average molecular weight is 444 g/mol. The van der Waals surface area contributed by atoms with Crippen LogP contribution in [-0.4, -0.2) is 26.3 Å². The van der Waals surface area contributed by atoms with Crippen LogP contribution in [0, 0.1) is 0 Å². The Labute approximate surface area is 189 Å². The summed E-state index contributed by atoms with van der Waals surface area (Å²) in [6.45, 7) is 0.581. The molecule has 1 N–H and O–H groups in total. The van der Waals surface area contributed by atoms with Crippen LogP contribution in [-0.2, 0) is 11.3 Å². The maximum absolute atomic E-state index is 12.9. The summed E-state index contributed by atoms with van der Waals surface area (Å²) < 4.78 is 1.89. The van der Waals surface area contributed by atoms with Crippen molar-refractivity contribution in [1.29, 1.82) is 0 Å². The second-order valence-corrected chi connectivity index (χ2v) is 8.42. The number of nitrogens with one attached hydrogen (secondary N) is 1. The Hall–Kier alpha value is -3.78. The summed E-state index contributed by atoms with van der Waals surface area (Å²) in [7, 11) is 0. The Balaban J connectivity index is 1.31. The fourth-order valence-corrected chi connectivity index (χ4v) is 4.73. The number of amides is 2. The zero-order chi connectivity index (χ0) is 21.9. The lowest BCUT2D eigenvalue weighted by Gasteiger charge is -2.23. The van der Waals surface area contributed by atoms with Crippen LogP contribution in [0.1, 0.15) is 40.6 Å². The van der Waals surface area contributed by atoms with E-state index in [0.29, 0.717) is 30.2 Å². The third-order valence-electron chi connectivity index (χ3n) is 5.49. The molecule has 0 spiro atoms. The largest absolute Gasteiger partial charge is 0.339 e. The number of hydrogen-bond donors (Lipinski definition) is 1. The number of pyridine rings is 1. The summed E-state index contributed by atoms with van der Waals surface area (Å²) in [5, 5.41) is 5.36. The van der Waals surface area contributed by atoms with Crippen LogP contribution in [0.15, 0.2) is 78.6 Å². The van der Waals surface area contributed by atoms with E-state index in [1.807, 2.05) is 64.7 Å². The van der Waals surface area contributed by atoms with Crippen LogP contribution in [0.25, 0.3) is 0 Å². The Morgan fingerprint density at radius 1 is 1.09 bits per heavy atom. The number of anilines is 2. The molecule has 0 unspecified atom stereocenters. The SMILES string of the molecule is O=C(Nc1nc([C@H]2CCC(=O)N2c2ccccc2)cs1)c1cccn1Cc1ccncc1. The first kappa shape index (κ1) is 20.1. The number of rotatable bonds is 6. The highest BCUT2D eigenvalue weighted by Crippen LogP contribution is 2.37. The molecule has 3 aromatic heterocycles. The lowest BCUT2D eigenvalue weighted by atomic mass is 10.1. The smallest absolute Gasteiger partial charge is 0.274 e. The van der Waals surface area contributed by atoms with Gasteiger partial charge in [-0.1, -0.05) is 18.2 Å². The standard InChI is InChI=1S/C24H21N5O2S/c30-22-9-8-20(29(22)18-5-2-1-3-6-18)19-16-32-24(26-19)27-23(31)21-7-4-14-28(21)15-17-10-12-25-13-11-17/h1-7,10-14,16,20H,8-9,15H2,(H,26,27,31)/t20-/m1/s1. The quantitative estimate of drug-likeness (QED) is 0.476. The number of benzene rings is 1. The Bertz CT molecular complexity index is 1240. The Kier molecular flexibility index (Phi) is 5.51. The molecule has 1 aliphatic heterocycles. The van der Waals surface area contributed by atoms with Crippen molar-refractivity contribution in [3.63, 3.8) is 0 Å². The minimum absolute atomic E-state index is 0.0914. The minimum atomic E-state index is -0.215. The van der Waals surface area contributed by atoms with E-state index in [-0.39, 0.29) is 17.9 Å². The van der Waals surface area contributed by atoms with Crippen molar-refractivity contribution in [2.24, 2.45) is 0 Å². The molecule has 1 atom stereocenters. The van der Waals surface area contributed by atoms with Gasteiger partial charge < -0.3 is 9.47 Å². The number of hydrogen-bond acceptors (Lipinski definition) is 5. The lowest BCUT2D eigenvalue weighted by Crippen LogP contribution is -2.27. The molecule has 1 aromatic carbocycles. The first-order valence-electron chi connectivity index (χ1n) is 10.4. The normalized spacial score (nSPS) is 15.8. The van der Waals surface area contributed by atoms with E-state index in [1.165, 1.54) is 11.3 Å². The van der Waals surface area contributed by atoms with Gasteiger partial charge in [-0.3, -0.25) is 19.9 Å². The molecule has 1 saturated heterocycles. The molecule has 0 radical (unpaired) electrons. The monoisotopic (exact) mass is 443 g/mol. The number of thiazole rings is 1. The zero-order valence-corrected chi connectivity index (χ0v) is 18.0. The van der Waals surface area contributed by atoms with Crippen LogP contribution >= 0.6 is 11.3 Å². The van der Waals surface area contributed by atoms with Crippen molar-refractivity contribution >= 4 is 34.0 Å². The second kappa shape index (κ2) is 8.76. The van der Waals surface area contributed by atoms with Gasteiger partial charge in [-0.25, -0.2) is 4.98 Å². The van der Waals surface area contributed by atoms with Gasteiger partial charge in [-0.05, 0) is 48.4 Å². The van der Waals surface area contributed by atoms with E-state index >= 15 is 0 Å². The lowest BCUT2D eigenvalue weighted by molar-refractivity contribution is -0.117. The highest BCUT2D eigenvalue weighted by atomic mass is 32.1. The molecule has 1 fully saturated rings. The predicted molar refractivity (Wildman–Crippen MR) is 124 cm³/mol. The van der Waals surface area contributed by atoms with Crippen molar-refractivity contribution in [2.45, 2.75) is 25.4 Å². The summed E-state index contributed by atoms with van der Waals surface area (Å²) >= 11 is 1.37. The summed E-state index contributed by atoms with van der Waals surface area (Å²) in [5.74, 6) is -0.124. The summed E-state index contributed by atoms with van der Waals surface area (Å²) in [6, 6.07) is 17.0. The van der Waals surface area contributed by atoms with Gasteiger partial charge in [-0.15, -0.1) is 11.3 Å². The van der Waals surface area contributed by atoms with Crippen molar-refractivity contribution in [2.75, 3.05) is 10.2 Å². The summed E-state index contributed by atoms with van der Waals surface area (Å²) in [4.78, 5) is 35.9. The van der Waals surface area contributed by atoms with Crippen LogP contribution < -0.4 is 10.2 Å². The molecule has 0 saturated carbocycles. The number of para-hydroxylation sites is 1. The molecule has 1 aliphatic rings. The molecule has 5 rings (SSSR count). The average Bonchev–Trinajstić information content (AvgIpc) is 3.55. The maximum atomic E-state index is 12.9. The van der Waals surface area contributed by atoms with Crippen molar-refractivity contribution in [1.82, 2.24) is 14.5 Å². The van der Waals surface area contributed by atoms with Gasteiger partial charge in [0.25, 0.3) is 5.91 Å². The molecule has 4 aromatic rings. The third-order valence-corrected chi connectivity index (χ3v) is 6.27. The van der Waals surface area contributed by atoms with E-state index in [2.05, 4.69) is 15.3 Å². The van der Waals surface area contributed by atoms with Crippen LogP contribution in [0.5, 0.6) is 0 Å². The second-order valence-electron chi connectivity index (χ2n) is 7.56. The maximum Gasteiger partial charge on any atom is 0.274 e. The highest BCUT2D eigenvalue weighted by Gasteiger charge is 2.34. The van der Waals surface area contributed by atoms with Crippen LogP contribution in [0.3, 0.4) is 0 Å². The van der Waals surface area contributed by atoms with E-state index in [9.17, 15) is 9.59 Å². The molecule has 8 heteroatoms. The molecular weight excluding hydrogens is 422 g/mol. The predicted octanol–water partition coefficient (Wildman–Crippen LogP) is 4.51. The van der Waals surface area contributed by atoms with E-state index in [4.69, 9.17) is 0 Å². The topological polar surface area (TPSA) is 80.1 Å². The van der Waals surface area contributed by atoms with Gasteiger partial charge in [0.15, 0.2) is 5.13 Å². The zero-order valence-electron chi connectivity index (χ0n) is 17.2. The van der Waals surface area contributed by atoms with Gasteiger partial charge in [0.05, 0.1) is 11.7 Å². The number of aromatic nitrogens is 3. The van der Waals surface area contributed by atoms with Gasteiger partial charge in [0.2, 0.25) is 5.91 Å². The van der Waals surface area contributed by atoms with Gasteiger partial charge in [0.1, 0.15) is 5.69 Å². The summed E-state index contributed by atoms with van der Waals surface area (Å²) in [6.07, 6.45) is 6.55. The molecule has 7 nitrogen and oxygen atoms in total. The fraction of sp³-hybridized carbons (Fsp3) is 0.167. The van der Waals surface area contributed by atoms with Gasteiger partial charge >= 0.3 is 0 Å². The van der Waals surface area contributed by atoms with E-state index in [0.717, 1.165) is 16.9 Å². The summed E-state index contributed by atoms with van der Waals surface area (Å²) in [5.41, 5.74) is 3.29. The minimum Gasteiger partial charge on any atom is -0.339 e. The number of carbonyl (C=O) groups excluding carboxylic acids is 2. The molecule has 0 aliphatic carbocycles. The first-order valence-corrected chi connectivity index (χ1v) is 11.2.